The van der Waals surface area contributed by atoms with E-state index in [1.807, 2.05) is 11.8 Å². The molecule has 84 valence electrons. The molecule has 0 aromatic heterocycles. The van der Waals surface area contributed by atoms with E-state index in [0.717, 1.165) is 12.2 Å². The van der Waals surface area contributed by atoms with Crippen molar-refractivity contribution in [3.8, 4) is 0 Å². The molecular formula is C11H17FN2O. The Morgan fingerprint density at radius 2 is 2.00 bits per heavy atom. The maximum Gasteiger partial charge on any atom is 0.123 e. The summed E-state index contributed by atoms with van der Waals surface area (Å²) in [6, 6.07) is 6.08. The number of aliphatic hydroxyl groups is 1. The molecule has 1 rings (SSSR count). The largest absolute Gasteiger partial charge is 0.394 e. The first-order valence-corrected chi connectivity index (χ1v) is 5.06. The fourth-order valence-electron chi connectivity index (χ4n) is 1.58. The highest BCUT2D eigenvalue weighted by Crippen LogP contribution is 2.16. The number of hydrogen-bond acceptors (Lipinski definition) is 3. The van der Waals surface area contributed by atoms with E-state index in [0.29, 0.717) is 6.54 Å². The zero-order chi connectivity index (χ0) is 11.3. The average molecular weight is 212 g/mol. The van der Waals surface area contributed by atoms with E-state index < -0.39 is 0 Å². The molecule has 0 saturated heterocycles. The van der Waals surface area contributed by atoms with E-state index in [4.69, 9.17) is 10.8 Å². The number of hydrogen-bond donors (Lipinski definition) is 2. The van der Waals surface area contributed by atoms with Crippen LogP contribution < -0.4 is 10.6 Å². The third-order valence-corrected chi connectivity index (χ3v) is 2.42. The van der Waals surface area contributed by atoms with Gasteiger partial charge in [-0.2, -0.15) is 0 Å². The summed E-state index contributed by atoms with van der Waals surface area (Å²) in [5, 5.41) is 9.15. The lowest BCUT2D eigenvalue weighted by molar-refractivity contribution is 0.262. The predicted molar refractivity (Wildman–Crippen MR) is 59.3 cm³/mol. The van der Waals surface area contributed by atoms with Gasteiger partial charge in [0.1, 0.15) is 5.82 Å². The van der Waals surface area contributed by atoms with Gasteiger partial charge in [-0.25, -0.2) is 4.39 Å². The lowest BCUT2D eigenvalue weighted by Gasteiger charge is -2.30. The van der Waals surface area contributed by atoms with Crippen molar-refractivity contribution in [3.63, 3.8) is 0 Å². The van der Waals surface area contributed by atoms with Gasteiger partial charge in [-0.1, -0.05) is 0 Å². The van der Waals surface area contributed by atoms with Crippen LogP contribution in [0.4, 0.5) is 10.1 Å². The molecule has 0 heterocycles. The third-order valence-electron chi connectivity index (χ3n) is 2.42. The number of rotatable bonds is 5. The van der Waals surface area contributed by atoms with Gasteiger partial charge in [0.05, 0.1) is 12.6 Å². The highest BCUT2D eigenvalue weighted by Gasteiger charge is 2.14. The minimum Gasteiger partial charge on any atom is -0.394 e. The van der Waals surface area contributed by atoms with Gasteiger partial charge in [0.25, 0.3) is 0 Å². The Kier molecular flexibility index (Phi) is 4.52. The molecule has 0 radical (unpaired) electrons. The molecule has 0 aliphatic rings. The number of nitrogens with two attached hydrogens (primary N) is 1. The van der Waals surface area contributed by atoms with Gasteiger partial charge in [0, 0.05) is 18.8 Å². The molecular weight excluding hydrogens is 195 g/mol. The summed E-state index contributed by atoms with van der Waals surface area (Å²) in [6.07, 6.45) is 0. The molecule has 0 saturated carbocycles. The summed E-state index contributed by atoms with van der Waals surface area (Å²) in [5.74, 6) is -0.261. The Balaban J connectivity index is 2.86. The summed E-state index contributed by atoms with van der Waals surface area (Å²) in [6.45, 7) is 3.08. The van der Waals surface area contributed by atoms with E-state index in [-0.39, 0.29) is 18.5 Å². The highest BCUT2D eigenvalue weighted by molar-refractivity contribution is 5.47. The van der Waals surface area contributed by atoms with E-state index >= 15 is 0 Å². The van der Waals surface area contributed by atoms with Gasteiger partial charge < -0.3 is 15.7 Å². The van der Waals surface area contributed by atoms with Gasteiger partial charge in [-0.3, -0.25) is 0 Å². The van der Waals surface area contributed by atoms with Crippen LogP contribution in [0.2, 0.25) is 0 Å². The Hall–Kier alpha value is -1.13. The number of aliphatic hydroxyl groups excluding tert-OH is 1. The van der Waals surface area contributed by atoms with Crippen LogP contribution >= 0.6 is 0 Å². The van der Waals surface area contributed by atoms with Crippen LogP contribution in [-0.4, -0.2) is 30.8 Å². The molecule has 0 amide bonds. The number of nitrogens with zero attached hydrogens (tertiary/aromatic N) is 1. The Labute approximate surface area is 89.3 Å². The van der Waals surface area contributed by atoms with Crippen LogP contribution in [0.5, 0.6) is 0 Å². The summed E-state index contributed by atoms with van der Waals surface area (Å²) < 4.78 is 12.7. The second-order valence-electron chi connectivity index (χ2n) is 3.33. The van der Waals surface area contributed by atoms with Crippen LogP contribution in [0.1, 0.15) is 6.92 Å². The van der Waals surface area contributed by atoms with Crippen molar-refractivity contribution in [1.29, 1.82) is 0 Å². The highest BCUT2D eigenvalue weighted by atomic mass is 19.1. The smallest absolute Gasteiger partial charge is 0.123 e. The zero-order valence-electron chi connectivity index (χ0n) is 8.86. The van der Waals surface area contributed by atoms with Crippen molar-refractivity contribution in [2.75, 3.05) is 24.6 Å². The maximum absolute atomic E-state index is 12.7. The first-order valence-electron chi connectivity index (χ1n) is 5.06. The van der Waals surface area contributed by atoms with Crippen LogP contribution in [0.15, 0.2) is 24.3 Å². The van der Waals surface area contributed by atoms with E-state index in [1.165, 1.54) is 12.1 Å². The SMILES string of the molecule is CCN(c1ccc(F)cc1)C(CN)CO. The van der Waals surface area contributed by atoms with Crippen LogP contribution in [0, 0.1) is 5.82 Å². The third kappa shape index (κ3) is 2.91. The quantitative estimate of drug-likeness (QED) is 0.764. The molecule has 1 atom stereocenters. The van der Waals surface area contributed by atoms with E-state index in [9.17, 15) is 4.39 Å². The lowest BCUT2D eigenvalue weighted by atomic mass is 10.2. The molecule has 4 heteroatoms. The second-order valence-corrected chi connectivity index (χ2v) is 3.33. The van der Waals surface area contributed by atoms with Crippen molar-refractivity contribution in [2.24, 2.45) is 5.73 Å². The van der Waals surface area contributed by atoms with Crippen molar-refractivity contribution in [3.05, 3.63) is 30.1 Å². The normalized spacial score (nSPS) is 12.5. The van der Waals surface area contributed by atoms with Gasteiger partial charge in [-0.05, 0) is 31.2 Å². The molecule has 15 heavy (non-hydrogen) atoms. The molecule has 0 aliphatic heterocycles. The lowest BCUT2D eigenvalue weighted by Crippen LogP contribution is -2.43. The predicted octanol–water partition coefficient (Wildman–Crippen LogP) is 0.972. The number of likely N-dealkylation sites (N-methyl/N-ethyl adjacent to an activating group) is 1. The summed E-state index contributed by atoms with van der Waals surface area (Å²) in [4.78, 5) is 1.96. The first-order chi connectivity index (χ1) is 7.22. The summed E-state index contributed by atoms with van der Waals surface area (Å²) in [5.41, 5.74) is 6.43. The molecule has 3 nitrogen and oxygen atoms in total. The second kappa shape index (κ2) is 5.68. The molecule has 0 fully saturated rings. The maximum atomic E-state index is 12.7. The minimum absolute atomic E-state index is 0.00170. The topological polar surface area (TPSA) is 49.5 Å². The van der Waals surface area contributed by atoms with Crippen LogP contribution in [0.3, 0.4) is 0 Å². The molecule has 0 aliphatic carbocycles. The zero-order valence-corrected chi connectivity index (χ0v) is 8.86. The first kappa shape index (κ1) is 11.9. The average Bonchev–Trinajstić information content (AvgIpc) is 2.27. The Morgan fingerprint density at radius 3 is 2.40 bits per heavy atom. The monoisotopic (exact) mass is 212 g/mol. The standard InChI is InChI=1S/C11H17FN2O/c1-2-14(11(7-13)8-15)10-5-3-9(12)4-6-10/h3-6,11,15H,2,7-8,13H2,1H3. The summed E-state index contributed by atoms with van der Waals surface area (Å²) in [7, 11) is 0. The van der Waals surface area contributed by atoms with E-state index in [1.54, 1.807) is 12.1 Å². The molecule has 0 bridgehead atoms. The van der Waals surface area contributed by atoms with Gasteiger partial charge in [0.15, 0.2) is 0 Å². The summed E-state index contributed by atoms with van der Waals surface area (Å²) >= 11 is 0. The molecule has 1 unspecified atom stereocenters. The minimum atomic E-state index is -0.261. The van der Waals surface area contributed by atoms with Gasteiger partial charge in [0.2, 0.25) is 0 Å². The van der Waals surface area contributed by atoms with Crippen LogP contribution in [-0.2, 0) is 0 Å². The van der Waals surface area contributed by atoms with Crippen LogP contribution in [0.25, 0.3) is 0 Å². The fraction of sp³-hybridized carbons (Fsp3) is 0.455. The number of halogens is 1. The fourth-order valence-corrected chi connectivity index (χ4v) is 1.58. The Bertz CT molecular complexity index is 285. The van der Waals surface area contributed by atoms with Gasteiger partial charge in [-0.15, -0.1) is 0 Å². The van der Waals surface area contributed by atoms with Crippen molar-refractivity contribution >= 4 is 5.69 Å². The van der Waals surface area contributed by atoms with E-state index in [2.05, 4.69) is 0 Å². The molecule has 0 spiro atoms. The number of anilines is 1. The van der Waals surface area contributed by atoms with Crippen molar-refractivity contribution in [1.82, 2.24) is 0 Å². The van der Waals surface area contributed by atoms with Crippen molar-refractivity contribution in [2.45, 2.75) is 13.0 Å². The van der Waals surface area contributed by atoms with Gasteiger partial charge >= 0.3 is 0 Å². The number of benzene rings is 1. The molecule has 1 aromatic carbocycles. The molecule has 3 N–H and O–H groups in total. The van der Waals surface area contributed by atoms with Crippen molar-refractivity contribution < 1.29 is 9.50 Å². The Morgan fingerprint density at radius 1 is 1.40 bits per heavy atom. The molecule has 1 aromatic rings.